The van der Waals surface area contributed by atoms with Gasteiger partial charge in [-0.2, -0.15) is 0 Å². The molecule has 0 heterocycles. The van der Waals surface area contributed by atoms with Gasteiger partial charge in [-0.25, -0.2) is 0 Å². The van der Waals surface area contributed by atoms with Crippen molar-refractivity contribution < 1.29 is 0 Å². The highest BCUT2D eigenvalue weighted by atomic mass is 14.9. The van der Waals surface area contributed by atoms with Crippen molar-refractivity contribution in [1.29, 1.82) is 0 Å². The summed E-state index contributed by atoms with van der Waals surface area (Å²) in [6.45, 7) is 10.2. The largest absolute Gasteiger partial charge is 0.310 e. The maximum absolute atomic E-state index is 3.85. The fourth-order valence-corrected chi connectivity index (χ4v) is 4.05. The van der Waals surface area contributed by atoms with E-state index in [-0.39, 0.29) is 0 Å². The van der Waals surface area contributed by atoms with Crippen LogP contribution >= 0.6 is 0 Å². The quantitative estimate of drug-likeness (QED) is 0.722. The fourth-order valence-electron chi connectivity index (χ4n) is 4.05. The Balaban J connectivity index is 2.20. The van der Waals surface area contributed by atoms with Gasteiger partial charge in [-0.3, -0.25) is 0 Å². The van der Waals surface area contributed by atoms with Gasteiger partial charge in [-0.15, -0.1) is 0 Å². The molecule has 1 aromatic rings. The van der Waals surface area contributed by atoms with Crippen LogP contribution in [0.3, 0.4) is 0 Å². The lowest BCUT2D eigenvalue weighted by molar-refractivity contribution is 0.209. The Hall–Kier alpha value is -0.820. The molecule has 1 saturated carbocycles. The minimum Gasteiger partial charge on any atom is -0.310 e. The van der Waals surface area contributed by atoms with Gasteiger partial charge in [0.15, 0.2) is 0 Å². The summed E-state index contributed by atoms with van der Waals surface area (Å²) in [6, 6.07) is 7.64. The molecular formula is C20H33N. The van der Waals surface area contributed by atoms with Gasteiger partial charge in [0, 0.05) is 6.04 Å². The van der Waals surface area contributed by atoms with Crippen LogP contribution in [-0.2, 0) is 0 Å². The molecule has 1 N–H and O–H groups in total. The summed E-state index contributed by atoms with van der Waals surface area (Å²) in [5.41, 5.74) is 4.31. The third-order valence-corrected chi connectivity index (χ3v) is 5.09. The molecule has 0 bridgehead atoms. The van der Waals surface area contributed by atoms with Crippen molar-refractivity contribution in [2.24, 2.45) is 11.8 Å². The highest BCUT2D eigenvalue weighted by Crippen LogP contribution is 2.38. The summed E-state index contributed by atoms with van der Waals surface area (Å²) in [7, 11) is 0. The van der Waals surface area contributed by atoms with E-state index in [1.165, 1.54) is 55.2 Å². The molecule has 0 aromatic heterocycles. The number of nitrogens with one attached hydrogen (secondary N) is 1. The third kappa shape index (κ3) is 4.57. The zero-order chi connectivity index (χ0) is 15.2. The molecule has 118 valence electrons. The molecule has 1 aliphatic rings. The summed E-state index contributed by atoms with van der Waals surface area (Å²) < 4.78 is 0. The second-order valence-electron chi connectivity index (χ2n) is 7.05. The summed E-state index contributed by atoms with van der Waals surface area (Å²) in [6.07, 6.45) is 8.23. The van der Waals surface area contributed by atoms with Gasteiger partial charge in [0.2, 0.25) is 0 Å². The molecule has 1 aromatic carbocycles. The monoisotopic (exact) mass is 287 g/mol. The van der Waals surface area contributed by atoms with Gasteiger partial charge in [-0.1, -0.05) is 62.4 Å². The second kappa shape index (κ2) is 7.98. The van der Waals surface area contributed by atoms with E-state index >= 15 is 0 Å². The fraction of sp³-hybridized carbons (Fsp3) is 0.700. The van der Waals surface area contributed by atoms with Crippen LogP contribution in [0.25, 0.3) is 0 Å². The smallest absolute Gasteiger partial charge is 0.0348 e. The number of hydrogen-bond donors (Lipinski definition) is 1. The second-order valence-corrected chi connectivity index (χ2v) is 7.05. The molecule has 0 amide bonds. The number of hydrogen-bond acceptors (Lipinski definition) is 1. The first-order valence-corrected chi connectivity index (χ1v) is 8.95. The third-order valence-electron chi connectivity index (χ3n) is 5.09. The highest BCUT2D eigenvalue weighted by Gasteiger charge is 2.28. The van der Waals surface area contributed by atoms with E-state index in [4.69, 9.17) is 0 Å². The van der Waals surface area contributed by atoms with Crippen LogP contribution in [0.2, 0.25) is 0 Å². The van der Waals surface area contributed by atoms with Crippen molar-refractivity contribution in [2.75, 3.05) is 6.54 Å². The minimum atomic E-state index is 0.554. The molecule has 21 heavy (non-hydrogen) atoms. The first-order valence-electron chi connectivity index (χ1n) is 8.95. The first-order chi connectivity index (χ1) is 10.1. The molecule has 0 saturated heterocycles. The zero-order valence-electron chi connectivity index (χ0n) is 14.4. The normalized spacial score (nSPS) is 24.0. The molecule has 3 atom stereocenters. The molecule has 1 aliphatic carbocycles. The average Bonchev–Trinajstić information content (AvgIpc) is 2.47. The topological polar surface area (TPSA) is 12.0 Å². The van der Waals surface area contributed by atoms with E-state index in [9.17, 15) is 0 Å². The Labute approximate surface area is 131 Å². The lowest BCUT2D eigenvalue weighted by atomic mass is 9.75. The maximum Gasteiger partial charge on any atom is 0.0348 e. The van der Waals surface area contributed by atoms with Gasteiger partial charge < -0.3 is 5.32 Å². The standard InChI is InChI=1S/C20H33N/c1-5-10-21-20(18-9-7-8-17(6-2)14-18)19-12-15(3)11-16(4)13-19/h11-13,17-18,20-21H,5-10,14H2,1-4H3. The van der Waals surface area contributed by atoms with Crippen LogP contribution in [0.4, 0.5) is 0 Å². The SMILES string of the molecule is CCCNC(c1cc(C)cc(C)c1)C1CCCC(CC)C1. The van der Waals surface area contributed by atoms with Crippen LogP contribution in [0.5, 0.6) is 0 Å². The van der Waals surface area contributed by atoms with Gasteiger partial charge in [-0.05, 0) is 57.1 Å². The molecule has 0 radical (unpaired) electrons. The van der Waals surface area contributed by atoms with E-state index < -0.39 is 0 Å². The van der Waals surface area contributed by atoms with Crippen molar-refractivity contribution in [3.8, 4) is 0 Å². The van der Waals surface area contributed by atoms with Gasteiger partial charge in [0.25, 0.3) is 0 Å². The first kappa shape index (κ1) is 16.5. The van der Waals surface area contributed by atoms with Gasteiger partial charge >= 0.3 is 0 Å². The predicted octanol–water partition coefficient (Wildman–Crippen LogP) is 5.56. The number of rotatable bonds is 6. The van der Waals surface area contributed by atoms with E-state index in [2.05, 4.69) is 51.2 Å². The van der Waals surface area contributed by atoms with Crippen LogP contribution in [0, 0.1) is 25.7 Å². The molecule has 1 fully saturated rings. The molecule has 1 nitrogen and oxygen atoms in total. The number of benzene rings is 1. The molecular weight excluding hydrogens is 254 g/mol. The Kier molecular flexibility index (Phi) is 6.29. The molecule has 1 heteroatoms. The molecule has 3 unspecified atom stereocenters. The van der Waals surface area contributed by atoms with Crippen molar-refractivity contribution in [3.05, 3.63) is 34.9 Å². The molecule has 2 rings (SSSR count). The van der Waals surface area contributed by atoms with Crippen molar-refractivity contribution in [1.82, 2.24) is 5.32 Å². The van der Waals surface area contributed by atoms with E-state index in [1.807, 2.05) is 0 Å². The zero-order valence-corrected chi connectivity index (χ0v) is 14.4. The van der Waals surface area contributed by atoms with Crippen molar-refractivity contribution >= 4 is 0 Å². The van der Waals surface area contributed by atoms with Crippen molar-refractivity contribution in [3.63, 3.8) is 0 Å². The van der Waals surface area contributed by atoms with E-state index in [0.29, 0.717) is 6.04 Å². The minimum absolute atomic E-state index is 0.554. The lowest BCUT2D eigenvalue weighted by Crippen LogP contribution is -2.32. The average molecular weight is 287 g/mol. The predicted molar refractivity (Wildman–Crippen MR) is 92.7 cm³/mol. The summed E-state index contributed by atoms with van der Waals surface area (Å²) in [5, 5.41) is 3.85. The van der Waals surface area contributed by atoms with Crippen LogP contribution in [0.15, 0.2) is 18.2 Å². The van der Waals surface area contributed by atoms with Crippen LogP contribution in [0.1, 0.15) is 75.1 Å². The Morgan fingerprint density at radius 3 is 2.43 bits per heavy atom. The Morgan fingerprint density at radius 2 is 1.81 bits per heavy atom. The molecule has 0 aliphatic heterocycles. The summed E-state index contributed by atoms with van der Waals surface area (Å²) in [4.78, 5) is 0. The summed E-state index contributed by atoms with van der Waals surface area (Å²) in [5.74, 6) is 1.76. The van der Waals surface area contributed by atoms with E-state index in [1.54, 1.807) is 0 Å². The summed E-state index contributed by atoms with van der Waals surface area (Å²) >= 11 is 0. The van der Waals surface area contributed by atoms with E-state index in [0.717, 1.165) is 18.4 Å². The molecule has 0 spiro atoms. The van der Waals surface area contributed by atoms with Gasteiger partial charge in [0.05, 0.1) is 0 Å². The lowest BCUT2D eigenvalue weighted by Gasteiger charge is -2.35. The Morgan fingerprint density at radius 1 is 1.10 bits per heavy atom. The van der Waals surface area contributed by atoms with Crippen LogP contribution < -0.4 is 5.32 Å². The highest BCUT2D eigenvalue weighted by molar-refractivity contribution is 5.31. The maximum atomic E-state index is 3.85. The number of aryl methyl sites for hydroxylation is 2. The van der Waals surface area contributed by atoms with Gasteiger partial charge in [0.1, 0.15) is 0 Å². The Bertz CT molecular complexity index is 417. The van der Waals surface area contributed by atoms with Crippen LogP contribution in [-0.4, -0.2) is 6.54 Å². The van der Waals surface area contributed by atoms with Crippen molar-refractivity contribution in [2.45, 2.75) is 72.3 Å².